The molecule has 0 saturated heterocycles. The molecule has 0 aliphatic carbocycles. The normalized spacial score (nSPS) is 11.8. The zero-order valence-corrected chi connectivity index (χ0v) is 19.3. The van der Waals surface area contributed by atoms with Crippen molar-refractivity contribution in [1.29, 1.82) is 0 Å². The monoisotopic (exact) mass is 492 g/mol. The summed E-state index contributed by atoms with van der Waals surface area (Å²) in [6, 6.07) is 27.5. The van der Waals surface area contributed by atoms with Gasteiger partial charge in [-0.05, 0) is 42.8 Å². The van der Waals surface area contributed by atoms with Gasteiger partial charge in [0.2, 0.25) is 5.91 Å². The third-order valence-electron chi connectivity index (χ3n) is 4.70. The number of nitrogens with zero attached hydrogens (tertiary/aromatic N) is 3. The zero-order chi connectivity index (χ0) is 21.6. The molecule has 7 heteroatoms. The Hall–Kier alpha value is -2.90. The highest BCUT2D eigenvalue weighted by Crippen LogP contribution is 2.31. The van der Waals surface area contributed by atoms with Crippen molar-refractivity contribution >= 4 is 39.3 Å². The first kappa shape index (κ1) is 21.3. The van der Waals surface area contributed by atoms with Crippen molar-refractivity contribution in [1.82, 2.24) is 14.8 Å². The summed E-state index contributed by atoms with van der Waals surface area (Å²) in [6.07, 6.45) is 0.662. The number of thioether (sulfide) groups is 1. The van der Waals surface area contributed by atoms with Crippen LogP contribution in [0.15, 0.2) is 94.6 Å². The smallest absolute Gasteiger partial charge is 0.237 e. The molecule has 4 aromatic rings. The highest BCUT2D eigenvalue weighted by Gasteiger charge is 2.24. The molecule has 1 amide bonds. The Balaban J connectivity index is 1.64. The summed E-state index contributed by atoms with van der Waals surface area (Å²) >= 11 is 4.84. The summed E-state index contributed by atoms with van der Waals surface area (Å²) in [5, 5.41) is 12.3. The largest absolute Gasteiger partial charge is 0.325 e. The van der Waals surface area contributed by atoms with E-state index in [1.165, 1.54) is 11.8 Å². The van der Waals surface area contributed by atoms with Crippen LogP contribution in [0.4, 0.5) is 5.69 Å². The molecule has 1 aromatic heterocycles. The summed E-state index contributed by atoms with van der Waals surface area (Å²) in [7, 11) is 0. The Morgan fingerprint density at radius 2 is 1.61 bits per heavy atom. The van der Waals surface area contributed by atoms with Gasteiger partial charge < -0.3 is 5.32 Å². The molecule has 0 aliphatic rings. The van der Waals surface area contributed by atoms with E-state index in [9.17, 15) is 4.79 Å². The highest BCUT2D eigenvalue weighted by molar-refractivity contribution is 9.10. The lowest BCUT2D eigenvalue weighted by Crippen LogP contribution is -2.25. The van der Waals surface area contributed by atoms with Crippen molar-refractivity contribution in [3.05, 3.63) is 89.4 Å². The van der Waals surface area contributed by atoms with Crippen molar-refractivity contribution in [3.8, 4) is 17.1 Å². The molecule has 31 heavy (non-hydrogen) atoms. The standard InChI is InChI=1S/C24H21BrN4OS/c1-2-21(23(30)26-19-15-13-18(25)14-16-19)31-24-28-27-22(17-9-5-3-6-10-17)29(24)20-11-7-4-8-12-20/h3-16,21H,2H2,1H3,(H,26,30)/t21-/m1/s1. The molecule has 3 aromatic carbocycles. The van der Waals surface area contributed by atoms with Crippen molar-refractivity contribution < 1.29 is 4.79 Å². The Bertz CT molecular complexity index is 1150. The first-order valence-electron chi connectivity index (χ1n) is 9.95. The van der Waals surface area contributed by atoms with Gasteiger partial charge in [-0.25, -0.2) is 0 Å². The SMILES string of the molecule is CC[C@@H](Sc1nnc(-c2ccccc2)n1-c1ccccc1)C(=O)Nc1ccc(Br)cc1. The fourth-order valence-corrected chi connectivity index (χ4v) is 4.37. The maximum atomic E-state index is 13.0. The summed E-state index contributed by atoms with van der Waals surface area (Å²) in [6.45, 7) is 2.00. The molecule has 1 atom stereocenters. The predicted octanol–water partition coefficient (Wildman–Crippen LogP) is 6.21. The van der Waals surface area contributed by atoms with Crippen LogP contribution in [-0.2, 0) is 4.79 Å². The highest BCUT2D eigenvalue weighted by atomic mass is 79.9. The minimum Gasteiger partial charge on any atom is -0.325 e. The number of amides is 1. The number of halogens is 1. The Morgan fingerprint density at radius 3 is 2.26 bits per heavy atom. The lowest BCUT2D eigenvalue weighted by atomic mass is 10.2. The Labute approximate surface area is 194 Å². The molecule has 0 bridgehead atoms. The van der Waals surface area contributed by atoms with Crippen molar-refractivity contribution in [3.63, 3.8) is 0 Å². The summed E-state index contributed by atoms with van der Waals surface area (Å²) < 4.78 is 2.98. The van der Waals surface area contributed by atoms with Crippen LogP contribution in [0.25, 0.3) is 17.1 Å². The molecule has 4 rings (SSSR count). The number of para-hydroxylation sites is 1. The van der Waals surface area contributed by atoms with Gasteiger partial charge in [0.25, 0.3) is 0 Å². The molecule has 0 aliphatic heterocycles. The minimum absolute atomic E-state index is 0.0568. The number of nitrogens with one attached hydrogen (secondary N) is 1. The fraction of sp³-hybridized carbons (Fsp3) is 0.125. The van der Waals surface area contributed by atoms with Gasteiger partial charge in [-0.2, -0.15) is 0 Å². The van der Waals surface area contributed by atoms with E-state index in [1.807, 2.05) is 96.4 Å². The van der Waals surface area contributed by atoms with E-state index in [2.05, 4.69) is 31.4 Å². The summed E-state index contributed by atoms with van der Waals surface area (Å²) in [5.74, 6) is 0.691. The number of anilines is 1. The fourth-order valence-electron chi connectivity index (χ4n) is 3.14. The van der Waals surface area contributed by atoms with Crippen LogP contribution < -0.4 is 5.32 Å². The molecular formula is C24H21BrN4OS. The van der Waals surface area contributed by atoms with Crippen LogP contribution >= 0.6 is 27.7 Å². The topological polar surface area (TPSA) is 59.8 Å². The molecule has 0 spiro atoms. The average Bonchev–Trinajstić information content (AvgIpc) is 3.23. The van der Waals surface area contributed by atoms with Crippen molar-refractivity contribution in [2.24, 2.45) is 0 Å². The molecule has 0 unspecified atom stereocenters. The van der Waals surface area contributed by atoms with Gasteiger partial charge in [0.15, 0.2) is 11.0 Å². The van der Waals surface area contributed by atoms with Gasteiger partial charge in [0, 0.05) is 21.4 Å². The number of rotatable bonds is 7. The Morgan fingerprint density at radius 1 is 0.968 bits per heavy atom. The molecule has 0 fully saturated rings. The second-order valence-corrected chi connectivity index (χ2v) is 8.94. The van der Waals surface area contributed by atoms with Gasteiger partial charge in [-0.1, -0.05) is 83.1 Å². The molecule has 1 N–H and O–H groups in total. The van der Waals surface area contributed by atoms with Gasteiger partial charge in [-0.15, -0.1) is 10.2 Å². The third-order valence-corrected chi connectivity index (χ3v) is 6.54. The average molecular weight is 493 g/mol. The van der Waals surface area contributed by atoms with Gasteiger partial charge >= 0.3 is 0 Å². The van der Waals surface area contributed by atoms with Crippen LogP contribution in [0, 0.1) is 0 Å². The number of aromatic nitrogens is 3. The second kappa shape index (κ2) is 9.94. The first-order valence-corrected chi connectivity index (χ1v) is 11.6. The lowest BCUT2D eigenvalue weighted by molar-refractivity contribution is -0.115. The second-order valence-electron chi connectivity index (χ2n) is 6.85. The van der Waals surface area contributed by atoms with Gasteiger partial charge in [0.1, 0.15) is 0 Å². The van der Waals surface area contributed by atoms with Crippen LogP contribution in [0.5, 0.6) is 0 Å². The molecule has 1 heterocycles. The van der Waals surface area contributed by atoms with Crippen LogP contribution in [-0.4, -0.2) is 25.9 Å². The summed E-state index contributed by atoms with van der Waals surface area (Å²) in [5.41, 5.74) is 2.69. The Kier molecular flexibility index (Phi) is 6.84. The summed E-state index contributed by atoms with van der Waals surface area (Å²) in [4.78, 5) is 13.0. The van der Waals surface area contributed by atoms with E-state index in [0.717, 1.165) is 27.2 Å². The number of hydrogen-bond donors (Lipinski definition) is 1. The van der Waals surface area contributed by atoms with Gasteiger partial charge in [-0.3, -0.25) is 9.36 Å². The molecule has 5 nitrogen and oxygen atoms in total. The quantitative estimate of drug-likeness (QED) is 0.311. The number of carbonyl (C=O) groups is 1. The van der Waals surface area contributed by atoms with E-state index >= 15 is 0 Å². The van der Waals surface area contributed by atoms with E-state index in [1.54, 1.807) is 0 Å². The zero-order valence-electron chi connectivity index (χ0n) is 16.9. The van der Waals surface area contributed by atoms with E-state index in [0.29, 0.717) is 11.6 Å². The van der Waals surface area contributed by atoms with Gasteiger partial charge in [0.05, 0.1) is 5.25 Å². The van der Waals surface area contributed by atoms with Crippen molar-refractivity contribution in [2.45, 2.75) is 23.8 Å². The molecule has 0 radical (unpaired) electrons. The maximum Gasteiger partial charge on any atom is 0.237 e. The molecular weight excluding hydrogens is 472 g/mol. The molecule has 156 valence electrons. The van der Waals surface area contributed by atoms with Crippen LogP contribution in [0.2, 0.25) is 0 Å². The van der Waals surface area contributed by atoms with Crippen LogP contribution in [0.1, 0.15) is 13.3 Å². The van der Waals surface area contributed by atoms with Crippen LogP contribution in [0.3, 0.4) is 0 Å². The minimum atomic E-state index is -0.307. The predicted molar refractivity (Wildman–Crippen MR) is 130 cm³/mol. The van der Waals surface area contributed by atoms with Crippen molar-refractivity contribution in [2.75, 3.05) is 5.32 Å². The maximum absolute atomic E-state index is 13.0. The third kappa shape index (κ3) is 5.06. The lowest BCUT2D eigenvalue weighted by Gasteiger charge is -2.16. The van der Waals surface area contributed by atoms with E-state index in [4.69, 9.17) is 0 Å². The number of benzene rings is 3. The van der Waals surface area contributed by atoms with E-state index < -0.39 is 0 Å². The number of hydrogen-bond acceptors (Lipinski definition) is 4. The molecule has 0 saturated carbocycles. The first-order chi connectivity index (χ1) is 15.2. The number of carbonyl (C=O) groups excluding carboxylic acids is 1. The van der Waals surface area contributed by atoms with E-state index in [-0.39, 0.29) is 11.2 Å².